The van der Waals surface area contributed by atoms with E-state index in [-0.39, 0.29) is 12.2 Å². The average Bonchev–Trinajstić information content (AvgIpc) is 2.77. The standard InChI is InChI=1S/C13H20O3/c1-4-5-6-12(14)11(3)10(2)9-13-15-7-8-16-13/h11-14H,2,6-9H2,1,3H3/t11-,12-/m0/s1. The minimum atomic E-state index is -0.457. The Morgan fingerprint density at radius 3 is 2.69 bits per heavy atom. The van der Waals surface area contributed by atoms with Crippen LogP contribution < -0.4 is 0 Å². The van der Waals surface area contributed by atoms with Gasteiger partial charge in [-0.3, -0.25) is 0 Å². The fraction of sp³-hybridized carbons (Fsp3) is 0.692. The van der Waals surface area contributed by atoms with Crippen LogP contribution in [0.1, 0.15) is 26.7 Å². The number of hydrogen-bond donors (Lipinski definition) is 1. The van der Waals surface area contributed by atoms with E-state index >= 15 is 0 Å². The lowest BCUT2D eigenvalue weighted by atomic mass is 9.92. The molecule has 0 amide bonds. The zero-order valence-corrected chi connectivity index (χ0v) is 10.0. The number of aliphatic hydroxyl groups is 1. The number of aliphatic hydroxyl groups excluding tert-OH is 1. The third-order valence-corrected chi connectivity index (χ3v) is 2.83. The summed E-state index contributed by atoms with van der Waals surface area (Å²) in [5.74, 6) is 5.67. The van der Waals surface area contributed by atoms with Crippen LogP contribution >= 0.6 is 0 Å². The molecule has 2 atom stereocenters. The molecule has 1 rings (SSSR count). The normalized spacial score (nSPS) is 19.9. The highest BCUT2D eigenvalue weighted by atomic mass is 16.7. The van der Waals surface area contributed by atoms with E-state index in [2.05, 4.69) is 18.4 Å². The van der Waals surface area contributed by atoms with E-state index in [0.717, 1.165) is 5.57 Å². The van der Waals surface area contributed by atoms with Crippen molar-refractivity contribution in [2.45, 2.75) is 39.1 Å². The molecule has 0 spiro atoms. The quantitative estimate of drug-likeness (QED) is 0.571. The molecule has 16 heavy (non-hydrogen) atoms. The summed E-state index contributed by atoms with van der Waals surface area (Å²) in [5.41, 5.74) is 0.956. The molecule has 0 aliphatic carbocycles. The molecule has 0 aromatic heterocycles. The Kier molecular flexibility index (Phi) is 5.54. The highest BCUT2D eigenvalue weighted by Crippen LogP contribution is 2.22. The molecule has 0 aromatic rings. The molecule has 0 radical (unpaired) electrons. The van der Waals surface area contributed by atoms with E-state index in [1.807, 2.05) is 6.92 Å². The summed E-state index contributed by atoms with van der Waals surface area (Å²) < 4.78 is 10.7. The van der Waals surface area contributed by atoms with Gasteiger partial charge < -0.3 is 14.6 Å². The molecule has 1 aliphatic rings. The van der Waals surface area contributed by atoms with Crippen molar-refractivity contribution >= 4 is 0 Å². The van der Waals surface area contributed by atoms with Crippen molar-refractivity contribution in [2.24, 2.45) is 5.92 Å². The largest absolute Gasteiger partial charge is 0.392 e. The van der Waals surface area contributed by atoms with Crippen molar-refractivity contribution in [2.75, 3.05) is 13.2 Å². The lowest BCUT2D eigenvalue weighted by molar-refractivity contribution is -0.0424. The van der Waals surface area contributed by atoms with E-state index < -0.39 is 6.10 Å². The van der Waals surface area contributed by atoms with Crippen LogP contribution in [0.3, 0.4) is 0 Å². The summed E-state index contributed by atoms with van der Waals surface area (Å²) in [6.45, 7) is 9.00. The highest BCUT2D eigenvalue weighted by molar-refractivity contribution is 5.06. The van der Waals surface area contributed by atoms with Gasteiger partial charge in [0.15, 0.2) is 6.29 Å². The molecule has 1 N–H and O–H groups in total. The van der Waals surface area contributed by atoms with Gasteiger partial charge in [-0.2, -0.15) is 0 Å². The van der Waals surface area contributed by atoms with Crippen molar-refractivity contribution in [3.63, 3.8) is 0 Å². The molecule has 1 aliphatic heterocycles. The fourth-order valence-electron chi connectivity index (χ4n) is 1.58. The zero-order valence-electron chi connectivity index (χ0n) is 10.0. The van der Waals surface area contributed by atoms with Crippen LogP contribution in [0, 0.1) is 17.8 Å². The summed E-state index contributed by atoms with van der Waals surface area (Å²) in [4.78, 5) is 0. The Balaban J connectivity index is 2.35. The first-order valence-corrected chi connectivity index (χ1v) is 5.63. The Bertz CT molecular complexity index is 281. The van der Waals surface area contributed by atoms with Crippen molar-refractivity contribution in [3.05, 3.63) is 12.2 Å². The van der Waals surface area contributed by atoms with Crippen LogP contribution in [0.25, 0.3) is 0 Å². The van der Waals surface area contributed by atoms with Crippen molar-refractivity contribution in [1.29, 1.82) is 0 Å². The maximum Gasteiger partial charge on any atom is 0.161 e. The lowest BCUT2D eigenvalue weighted by Crippen LogP contribution is -2.21. The molecule has 90 valence electrons. The van der Waals surface area contributed by atoms with Crippen LogP contribution in [0.15, 0.2) is 12.2 Å². The molecule has 0 aromatic carbocycles. The van der Waals surface area contributed by atoms with E-state index in [1.54, 1.807) is 6.92 Å². The molecule has 0 bridgehead atoms. The predicted octanol–water partition coefficient (Wildman–Crippen LogP) is 1.72. The molecular weight excluding hydrogens is 204 g/mol. The van der Waals surface area contributed by atoms with Gasteiger partial charge in [0, 0.05) is 18.8 Å². The van der Waals surface area contributed by atoms with E-state index in [9.17, 15) is 5.11 Å². The van der Waals surface area contributed by atoms with E-state index in [0.29, 0.717) is 26.1 Å². The highest BCUT2D eigenvalue weighted by Gasteiger charge is 2.22. The second-order valence-electron chi connectivity index (χ2n) is 4.02. The van der Waals surface area contributed by atoms with Crippen LogP contribution in [-0.2, 0) is 9.47 Å². The van der Waals surface area contributed by atoms with Gasteiger partial charge in [-0.05, 0) is 6.92 Å². The van der Waals surface area contributed by atoms with Crippen LogP contribution in [0.2, 0.25) is 0 Å². The smallest absolute Gasteiger partial charge is 0.161 e. The molecule has 0 saturated carbocycles. The molecule has 1 saturated heterocycles. The predicted molar refractivity (Wildman–Crippen MR) is 62.7 cm³/mol. The summed E-state index contributed by atoms with van der Waals surface area (Å²) >= 11 is 0. The Morgan fingerprint density at radius 2 is 2.12 bits per heavy atom. The summed E-state index contributed by atoms with van der Waals surface area (Å²) in [6.07, 6.45) is 0.502. The molecule has 3 nitrogen and oxygen atoms in total. The maximum atomic E-state index is 9.85. The number of ether oxygens (including phenoxy) is 2. The van der Waals surface area contributed by atoms with Gasteiger partial charge >= 0.3 is 0 Å². The zero-order chi connectivity index (χ0) is 12.0. The Morgan fingerprint density at radius 1 is 1.50 bits per heavy atom. The lowest BCUT2D eigenvalue weighted by Gasteiger charge is -2.21. The second-order valence-corrected chi connectivity index (χ2v) is 4.02. The fourth-order valence-corrected chi connectivity index (χ4v) is 1.58. The van der Waals surface area contributed by atoms with Gasteiger partial charge in [0.1, 0.15) is 0 Å². The molecular formula is C13H20O3. The summed E-state index contributed by atoms with van der Waals surface area (Å²) in [6, 6.07) is 0. The number of rotatable bonds is 5. The van der Waals surface area contributed by atoms with Crippen LogP contribution in [-0.4, -0.2) is 30.7 Å². The van der Waals surface area contributed by atoms with Crippen molar-refractivity contribution < 1.29 is 14.6 Å². The van der Waals surface area contributed by atoms with Gasteiger partial charge in [0.05, 0.1) is 19.3 Å². The molecule has 0 unspecified atom stereocenters. The van der Waals surface area contributed by atoms with Gasteiger partial charge in [-0.25, -0.2) is 0 Å². The Labute approximate surface area is 97.4 Å². The SMILES string of the molecule is C=C(CC1OCCO1)[C@H](C)[C@@H](O)CC#CC. The van der Waals surface area contributed by atoms with E-state index in [1.165, 1.54) is 0 Å². The minimum Gasteiger partial charge on any atom is -0.392 e. The van der Waals surface area contributed by atoms with Gasteiger partial charge in [-0.1, -0.05) is 19.1 Å². The van der Waals surface area contributed by atoms with Gasteiger partial charge in [0.2, 0.25) is 0 Å². The average molecular weight is 224 g/mol. The van der Waals surface area contributed by atoms with Crippen LogP contribution in [0.4, 0.5) is 0 Å². The van der Waals surface area contributed by atoms with Crippen molar-refractivity contribution in [1.82, 2.24) is 0 Å². The monoisotopic (exact) mass is 224 g/mol. The first-order valence-electron chi connectivity index (χ1n) is 5.63. The molecule has 1 heterocycles. The van der Waals surface area contributed by atoms with Crippen molar-refractivity contribution in [3.8, 4) is 11.8 Å². The molecule has 3 heteroatoms. The molecule has 1 fully saturated rings. The number of hydrogen-bond acceptors (Lipinski definition) is 3. The summed E-state index contributed by atoms with van der Waals surface area (Å²) in [5, 5.41) is 9.85. The van der Waals surface area contributed by atoms with Crippen LogP contribution in [0.5, 0.6) is 0 Å². The summed E-state index contributed by atoms with van der Waals surface area (Å²) in [7, 11) is 0. The Hall–Kier alpha value is -0.820. The third-order valence-electron chi connectivity index (χ3n) is 2.83. The topological polar surface area (TPSA) is 38.7 Å². The third kappa shape index (κ3) is 3.97. The van der Waals surface area contributed by atoms with Gasteiger partial charge in [0.25, 0.3) is 0 Å². The first kappa shape index (κ1) is 13.2. The maximum absolute atomic E-state index is 9.85. The minimum absolute atomic E-state index is 0.0219. The first-order chi connectivity index (χ1) is 7.65. The van der Waals surface area contributed by atoms with E-state index in [4.69, 9.17) is 9.47 Å². The second kappa shape index (κ2) is 6.70. The van der Waals surface area contributed by atoms with Gasteiger partial charge in [-0.15, -0.1) is 11.8 Å².